The van der Waals surface area contributed by atoms with Gasteiger partial charge in [0, 0.05) is 23.2 Å². The molecule has 13 nitrogen and oxygen atoms in total. The van der Waals surface area contributed by atoms with Crippen LogP contribution in [0.25, 0.3) is 0 Å². The quantitative estimate of drug-likeness (QED) is 0.175. The van der Waals surface area contributed by atoms with E-state index >= 15 is 0 Å². The number of aromatic hydroxyl groups is 1. The highest BCUT2D eigenvalue weighted by molar-refractivity contribution is 7.99. The lowest BCUT2D eigenvalue weighted by atomic mass is 10.1. The largest absolute Gasteiger partial charge is 0.507 e. The smallest absolute Gasteiger partial charge is 0.339 e. The van der Waals surface area contributed by atoms with Crippen molar-refractivity contribution in [3.8, 4) is 5.75 Å². The van der Waals surface area contributed by atoms with Crippen molar-refractivity contribution in [2.24, 2.45) is 0 Å². The fourth-order valence-electron chi connectivity index (χ4n) is 3.30. The number of rotatable bonds is 14. The summed E-state index contributed by atoms with van der Waals surface area (Å²) in [5.41, 5.74) is 0.102. The highest BCUT2D eigenvalue weighted by Gasteiger charge is 2.25. The average molecular weight is 623 g/mol. The van der Waals surface area contributed by atoms with Gasteiger partial charge in [-0.3, -0.25) is 14.4 Å². The number of halogens is 1. The van der Waals surface area contributed by atoms with Crippen LogP contribution in [0.15, 0.2) is 59.8 Å². The maximum absolute atomic E-state index is 12.7. The Morgan fingerprint density at radius 1 is 1.02 bits per heavy atom. The second-order valence-electron chi connectivity index (χ2n) is 8.37. The molecule has 0 bridgehead atoms. The Morgan fingerprint density at radius 2 is 1.71 bits per heavy atom. The van der Waals surface area contributed by atoms with Gasteiger partial charge < -0.3 is 20.6 Å². The fourth-order valence-corrected chi connectivity index (χ4v) is 5.56. The molecule has 0 aliphatic carbocycles. The molecule has 3 rings (SSSR count). The zero-order valence-corrected chi connectivity index (χ0v) is 23.4. The summed E-state index contributed by atoms with van der Waals surface area (Å²) in [7, 11) is -4.21. The van der Waals surface area contributed by atoms with Gasteiger partial charge in [0.15, 0.2) is 5.78 Å². The first-order valence-electron chi connectivity index (χ1n) is 11.6. The van der Waals surface area contributed by atoms with E-state index in [9.17, 15) is 37.8 Å². The number of aromatic nitrogens is 2. The maximum Gasteiger partial charge on any atom is 0.339 e. The molecule has 2 aromatic carbocycles. The molecule has 1 atom stereocenters. The zero-order valence-electron chi connectivity index (χ0n) is 21.0. The van der Waals surface area contributed by atoms with Crippen LogP contribution in [0.1, 0.15) is 38.5 Å². The van der Waals surface area contributed by atoms with E-state index in [4.69, 9.17) is 16.7 Å². The highest BCUT2D eigenvalue weighted by atomic mass is 35.5. The summed E-state index contributed by atoms with van der Waals surface area (Å²) in [5.74, 6) is -4.43. The number of ketones is 1. The number of thioether (sulfide) groups is 1. The number of aliphatic carboxylic acids is 1. The van der Waals surface area contributed by atoms with Crippen LogP contribution in [-0.2, 0) is 31.9 Å². The van der Waals surface area contributed by atoms with Gasteiger partial charge in [0.25, 0.3) is 5.91 Å². The van der Waals surface area contributed by atoms with E-state index in [0.29, 0.717) is 10.8 Å². The molecule has 0 spiro atoms. The Kier molecular flexibility index (Phi) is 10.8. The maximum atomic E-state index is 12.7. The third-order valence-corrected chi connectivity index (χ3v) is 8.20. The molecular weight excluding hydrogens is 600 g/mol. The number of carbonyl (C=O) groups is 4. The van der Waals surface area contributed by atoms with E-state index in [-0.39, 0.29) is 17.1 Å². The van der Waals surface area contributed by atoms with Gasteiger partial charge in [-0.15, -0.1) is 11.8 Å². The Balaban J connectivity index is 1.60. The minimum atomic E-state index is -4.21. The van der Waals surface area contributed by atoms with Crippen molar-refractivity contribution >= 4 is 57.0 Å². The first-order valence-corrected chi connectivity index (χ1v) is 14.6. The molecule has 0 aliphatic heterocycles. The summed E-state index contributed by atoms with van der Waals surface area (Å²) < 4.78 is 27.2. The summed E-state index contributed by atoms with van der Waals surface area (Å²) in [5, 5.41) is 30.7. The second kappa shape index (κ2) is 14.0. The van der Waals surface area contributed by atoms with E-state index < -0.39 is 68.9 Å². The number of benzene rings is 2. The summed E-state index contributed by atoms with van der Waals surface area (Å²) in [6.07, 6.45) is 1.51. The first kappa shape index (κ1) is 31.5. The number of Topliss-reactive ketones (excluding diaryl/α,β-unsaturated/α-hetero) is 1. The molecule has 1 amide bonds. The monoisotopic (exact) mass is 622 g/mol. The Morgan fingerprint density at radius 3 is 2.34 bits per heavy atom. The van der Waals surface area contributed by atoms with Gasteiger partial charge in [0.2, 0.25) is 10.0 Å². The average Bonchev–Trinajstić information content (AvgIpc) is 2.92. The van der Waals surface area contributed by atoms with E-state index in [2.05, 4.69) is 20.0 Å². The Labute approximate surface area is 243 Å². The number of nitrogens with one attached hydrogen (secondary N) is 2. The lowest BCUT2D eigenvalue weighted by Crippen LogP contribution is -2.43. The van der Waals surface area contributed by atoms with E-state index in [1.54, 1.807) is 24.3 Å². The lowest BCUT2D eigenvalue weighted by Gasteiger charge is -2.16. The van der Waals surface area contributed by atoms with Crippen molar-refractivity contribution < 1.29 is 42.9 Å². The number of carboxylic acids is 2. The van der Waals surface area contributed by atoms with Crippen LogP contribution in [0.2, 0.25) is 5.02 Å². The number of amides is 1. The van der Waals surface area contributed by atoms with Crippen molar-refractivity contribution in [2.45, 2.75) is 29.7 Å². The number of phenols is 1. The highest BCUT2D eigenvalue weighted by Crippen LogP contribution is 2.22. The molecule has 16 heteroatoms. The third kappa shape index (κ3) is 8.97. The van der Waals surface area contributed by atoms with Crippen molar-refractivity contribution in [3.05, 3.63) is 82.4 Å². The number of hydrogen-bond acceptors (Lipinski definition) is 10. The molecule has 5 N–H and O–H groups in total. The van der Waals surface area contributed by atoms with Gasteiger partial charge in [-0.25, -0.2) is 27.9 Å². The summed E-state index contributed by atoms with van der Waals surface area (Å²) >= 11 is 7.32. The molecule has 1 heterocycles. The van der Waals surface area contributed by atoms with Crippen LogP contribution in [0, 0.1) is 0 Å². The number of hydrogen-bond donors (Lipinski definition) is 5. The Hall–Kier alpha value is -4.05. The predicted molar refractivity (Wildman–Crippen MR) is 147 cm³/mol. The molecule has 3 aromatic rings. The predicted octanol–water partition coefficient (Wildman–Crippen LogP) is 2.09. The number of carboxylic acid groups (broad SMARTS) is 2. The lowest BCUT2D eigenvalue weighted by molar-refractivity contribution is -0.139. The number of nitrogens with zero attached hydrogens (tertiary/aromatic N) is 2. The first-order chi connectivity index (χ1) is 19.4. The molecule has 0 aliphatic rings. The molecule has 0 fully saturated rings. The molecule has 1 aromatic heterocycles. The summed E-state index contributed by atoms with van der Waals surface area (Å²) in [6.45, 7) is -0.420. The molecular formula is C25H23ClN4O9S2. The Bertz CT molecular complexity index is 1570. The van der Waals surface area contributed by atoms with E-state index in [1.807, 2.05) is 0 Å². The van der Waals surface area contributed by atoms with Crippen molar-refractivity contribution in [2.75, 3.05) is 5.75 Å². The molecule has 1 unspecified atom stereocenters. The SMILES string of the molecule is O=C(O)CC(NC(=O)c1cnc(CNS(=O)(=O)c2ccc(O)c(C(=O)O)c2)nc1)C(=O)CSCc1ccccc1Cl. The summed E-state index contributed by atoms with van der Waals surface area (Å²) in [6, 6.07) is 8.50. The van der Waals surface area contributed by atoms with Crippen molar-refractivity contribution in [1.82, 2.24) is 20.0 Å². The van der Waals surface area contributed by atoms with Crippen LogP contribution in [0.4, 0.5) is 0 Å². The molecule has 216 valence electrons. The number of aromatic carboxylic acids is 1. The molecule has 41 heavy (non-hydrogen) atoms. The molecule has 0 radical (unpaired) electrons. The van der Waals surface area contributed by atoms with Gasteiger partial charge >= 0.3 is 11.9 Å². The van der Waals surface area contributed by atoms with Crippen LogP contribution in [0.3, 0.4) is 0 Å². The van der Waals surface area contributed by atoms with Gasteiger partial charge in [-0.1, -0.05) is 29.8 Å². The van der Waals surface area contributed by atoms with Crippen LogP contribution >= 0.6 is 23.4 Å². The van der Waals surface area contributed by atoms with Crippen molar-refractivity contribution in [1.29, 1.82) is 0 Å². The van der Waals surface area contributed by atoms with Crippen molar-refractivity contribution in [3.63, 3.8) is 0 Å². The van der Waals surface area contributed by atoms with Crippen LogP contribution in [-0.4, -0.2) is 69.1 Å². The van der Waals surface area contributed by atoms with Gasteiger partial charge in [0.1, 0.15) is 17.1 Å². The summed E-state index contributed by atoms with van der Waals surface area (Å²) in [4.78, 5) is 55.2. The topological polar surface area (TPSA) is 213 Å². The van der Waals surface area contributed by atoms with Crippen LogP contribution in [0.5, 0.6) is 5.75 Å². The minimum absolute atomic E-state index is 0.0449. The van der Waals surface area contributed by atoms with E-state index in [1.165, 1.54) is 11.8 Å². The minimum Gasteiger partial charge on any atom is -0.507 e. The van der Waals surface area contributed by atoms with Gasteiger partial charge in [-0.2, -0.15) is 0 Å². The van der Waals surface area contributed by atoms with Crippen LogP contribution < -0.4 is 10.0 Å². The second-order valence-corrected chi connectivity index (χ2v) is 11.5. The van der Waals surface area contributed by atoms with E-state index in [0.717, 1.165) is 36.2 Å². The standard InChI is InChI=1S/C25H23ClN4O9S2/c26-18-4-2-1-3-14(18)12-40-13-21(32)19(8-23(33)34)30-24(35)15-9-27-22(28-10-15)11-29-41(38,39)16-5-6-20(31)17(7-16)25(36)37/h1-7,9-10,19,29,31H,8,11-13H2,(H,30,35)(H,33,34)(H,36,37). The normalized spacial score (nSPS) is 11.9. The zero-order chi connectivity index (χ0) is 30.2. The fraction of sp³-hybridized carbons (Fsp3) is 0.200. The molecule has 0 saturated heterocycles. The number of sulfonamides is 1. The van der Waals surface area contributed by atoms with Gasteiger partial charge in [-0.05, 0) is 29.8 Å². The molecule has 0 saturated carbocycles. The van der Waals surface area contributed by atoms with Gasteiger partial charge in [0.05, 0.1) is 35.2 Å². The number of carbonyl (C=O) groups excluding carboxylic acids is 2. The third-order valence-electron chi connectivity index (χ3n) is 5.43.